The minimum absolute atomic E-state index is 0.00900. The van der Waals surface area contributed by atoms with Crippen LogP contribution in [0.15, 0.2) is 36.7 Å². The van der Waals surface area contributed by atoms with Crippen molar-refractivity contribution < 1.29 is 23.4 Å². The molecule has 232 valence electrons. The predicted octanol–water partition coefficient (Wildman–Crippen LogP) is 4.05. The van der Waals surface area contributed by atoms with E-state index in [1.54, 1.807) is 11.1 Å². The zero-order valence-corrected chi connectivity index (χ0v) is 25.4. The van der Waals surface area contributed by atoms with Crippen molar-refractivity contribution in [3.05, 3.63) is 59.3 Å². The van der Waals surface area contributed by atoms with E-state index in [0.29, 0.717) is 19.0 Å². The molecule has 1 atom stereocenters. The molecule has 1 aliphatic carbocycles. The van der Waals surface area contributed by atoms with Crippen molar-refractivity contribution in [1.29, 1.82) is 0 Å². The number of nitrogens with zero attached hydrogens (tertiary/aromatic N) is 7. The fourth-order valence-electron chi connectivity index (χ4n) is 7.16. The second-order valence-corrected chi connectivity index (χ2v) is 12.6. The van der Waals surface area contributed by atoms with Crippen LogP contribution in [0.5, 0.6) is 17.5 Å². The van der Waals surface area contributed by atoms with E-state index in [9.17, 15) is 9.18 Å². The molecule has 5 heterocycles. The molecule has 0 N–H and O–H groups in total. The summed E-state index contributed by atoms with van der Waals surface area (Å²) < 4.78 is 32.4. The fourth-order valence-corrected chi connectivity index (χ4v) is 7.16. The molecule has 3 aliphatic heterocycles. The number of rotatable bonds is 8. The smallest absolute Gasteiger partial charge is 0.343 e. The first-order chi connectivity index (χ1) is 21.3. The van der Waals surface area contributed by atoms with Crippen molar-refractivity contribution in [2.24, 2.45) is 5.41 Å². The SMILES string of the molecule is CCN(C(=O)c1cc(F)ccc1Oc1nncc(N2CC3(CC(Oc4ccnc5c4C4COCCN4CC5)C3)C2)n1)C(C)C. The van der Waals surface area contributed by atoms with Gasteiger partial charge in [-0.05, 0) is 57.9 Å². The summed E-state index contributed by atoms with van der Waals surface area (Å²) in [5.74, 6) is 0.953. The molecule has 1 aromatic carbocycles. The Kier molecular flexibility index (Phi) is 7.57. The number of ether oxygens (including phenoxy) is 3. The molecular formula is C32H38FN7O4. The average molecular weight is 604 g/mol. The first kappa shape index (κ1) is 28.8. The summed E-state index contributed by atoms with van der Waals surface area (Å²) in [5.41, 5.74) is 2.64. The van der Waals surface area contributed by atoms with E-state index >= 15 is 0 Å². The summed E-state index contributed by atoms with van der Waals surface area (Å²) in [6, 6.07) is 6.06. The normalized spacial score (nSPS) is 20.8. The third-order valence-corrected chi connectivity index (χ3v) is 9.36. The number of carbonyl (C=O) groups is 1. The third-order valence-electron chi connectivity index (χ3n) is 9.36. The number of hydrogen-bond donors (Lipinski definition) is 0. The first-order valence-corrected chi connectivity index (χ1v) is 15.5. The summed E-state index contributed by atoms with van der Waals surface area (Å²) in [6.45, 7) is 11.3. The lowest BCUT2D eigenvalue weighted by molar-refractivity contribution is -0.0399. The number of amides is 1. The van der Waals surface area contributed by atoms with Crippen LogP contribution in [0.3, 0.4) is 0 Å². The highest BCUT2D eigenvalue weighted by atomic mass is 19.1. The van der Waals surface area contributed by atoms with Gasteiger partial charge < -0.3 is 24.0 Å². The molecule has 1 amide bonds. The van der Waals surface area contributed by atoms with Crippen molar-refractivity contribution in [2.75, 3.05) is 50.8 Å². The van der Waals surface area contributed by atoms with Crippen molar-refractivity contribution in [3.8, 4) is 17.5 Å². The topological polar surface area (TPSA) is 106 Å². The zero-order valence-electron chi connectivity index (χ0n) is 25.4. The van der Waals surface area contributed by atoms with Crippen LogP contribution in [-0.4, -0.2) is 94.0 Å². The molecule has 7 rings (SSSR count). The molecule has 1 unspecified atom stereocenters. The van der Waals surface area contributed by atoms with Crippen LogP contribution in [0.1, 0.15) is 61.3 Å². The van der Waals surface area contributed by atoms with Gasteiger partial charge in [-0.3, -0.25) is 14.7 Å². The standard InChI is InChI=1S/C32H38FN7O4/c1-4-40(20(2)3)30(41)23-13-21(33)5-6-26(23)44-31-36-28(16-35-37-31)39-18-32(19-39)14-22(15-32)43-27-7-9-34-24-8-10-38-11-12-42-17-25(38)29(24)27/h5-7,9,13,16,20,22,25H,4,8,10-12,14-15,17-19H2,1-3H3. The van der Waals surface area contributed by atoms with E-state index in [-0.39, 0.29) is 46.8 Å². The van der Waals surface area contributed by atoms with Gasteiger partial charge in [-0.1, -0.05) is 5.10 Å². The number of halogens is 1. The molecule has 1 saturated carbocycles. The second-order valence-electron chi connectivity index (χ2n) is 12.6. The van der Waals surface area contributed by atoms with Gasteiger partial charge in [0.05, 0.1) is 36.7 Å². The van der Waals surface area contributed by atoms with Crippen LogP contribution in [-0.2, 0) is 11.2 Å². The van der Waals surface area contributed by atoms with Gasteiger partial charge in [-0.2, -0.15) is 10.1 Å². The molecule has 1 spiro atoms. The Labute approximate surface area is 256 Å². The minimum Gasteiger partial charge on any atom is -0.490 e. The highest BCUT2D eigenvalue weighted by molar-refractivity contribution is 5.97. The minimum atomic E-state index is -0.518. The maximum atomic E-state index is 14.1. The number of morpholine rings is 1. The van der Waals surface area contributed by atoms with E-state index in [0.717, 1.165) is 63.5 Å². The summed E-state index contributed by atoms with van der Waals surface area (Å²) in [5, 5.41) is 8.12. The van der Waals surface area contributed by atoms with E-state index in [1.165, 1.54) is 23.8 Å². The molecule has 3 fully saturated rings. The fraction of sp³-hybridized carbons (Fsp3) is 0.531. The van der Waals surface area contributed by atoms with Crippen LogP contribution in [0.25, 0.3) is 0 Å². The molecule has 12 heteroatoms. The van der Waals surface area contributed by atoms with E-state index in [2.05, 4.69) is 30.0 Å². The Morgan fingerprint density at radius 2 is 2.05 bits per heavy atom. The number of anilines is 1. The van der Waals surface area contributed by atoms with Crippen LogP contribution in [0.2, 0.25) is 0 Å². The molecule has 4 aliphatic rings. The van der Waals surface area contributed by atoms with E-state index < -0.39 is 5.82 Å². The van der Waals surface area contributed by atoms with Crippen molar-refractivity contribution in [1.82, 2.24) is 30.0 Å². The number of aromatic nitrogens is 4. The lowest BCUT2D eigenvalue weighted by atomic mass is 9.61. The van der Waals surface area contributed by atoms with Crippen molar-refractivity contribution in [2.45, 2.75) is 58.2 Å². The number of hydrogen-bond acceptors (Lipinski definition) is 10. The van der Waals surface area contributed by atoms with E-state index in [1.807, 2.05) is 33.0 Å². The van der Waals surface area contributed by atoms with E-state index in [4.69, 9.17) is 14.2 Å². The average Bonchev–Trinajstić information content (AvgIpc) is 2.98. The molecule has 11 nitrogen and oxygen atoms in total. The van der Waals surface area contributed by atoms with Crippen molar-refractivity contribution in [3.63, 3.8) is 0 Å². The Morgan fingerprint density at radius 1 is 1.20 bits per heavy atom. The van der Waals surface area contributed by atoms with Crippen molar-refractivity contribution >= 4 is 11.7 Å². The molecule has 0 radical (unpaired) electrons. The Morgan fingerprint density at radius 3 is 2.84 bits per heavy atom. The monoisotopic (exact) mass is 603 g/mol. The second kappa shape index (κ2) is 11.6. The number of benzene rings is 1. The number of carbonyl (C=O) groups excluding carboxylic acids is 1. The number of pyridine rings is 1. The number of fused-ring (bicyclic) bond motifs is 3. The third kappa shape index (κ3) is 5.34. The maximum absolute atomic E-state index is 14.1. The van der Waals surface area contributed by atoms with Gasteiger partial charge >= 0.3 is 6.01 Å². The van der Waals surface area contributed by atoms with Crippen LogP contribution < -0.4 is 14.4 Å². The molecule has 0 bridgehead atoms. The predicted molar refractivity (Wildman–Crippen MR) is 160 cm³/mol. The van der Waals surface area contributed by atoms with Crippen LogP contribution in [0, 0.1) is 11.2 Å². The summed E-state index contributed by atoms with van der Waals surface area (Å²) in [6.07, 6.45) is 6.52. The summed E-state index contributed by atoms with van der Waals surface area (Å²) in [7, 11) is 0. The van der Waals surface area contributed by atoms with Gasteiger partial charge in [0.25, 0.3) is 5.91 Å². The molecular weight excluding hydrogens is 565 g/mol. The van der Waals surface area contributed by atoms with Gasteiger partial charge in [0, 0.05) is 62.4 Å². The summed E-state index contributed by atoms with van der Waals surface area (Å²) in [4.78, 5) is 28.7. The van der Waals surface area contributed by atoms with Gasteiger partial charge in [-0.15, -0.1) is 0 Å². The highest BCUT2D eigenvalue weighted by Crippen LogP contribution is 2.51. The van der Waals surface area contributed by atoms with Crippen LogP contribution >= 0.6 is 0 Å². The molecule has 44 heavy (non-hydrogen) atoms. The quantitative estimate of drug-likeness (QED) is 0.375. The molecule has 3 aromatic rings. The molecule has 2 saturated heterocycles. The summed E-state index contributed by atoms with van der Waals surface area (Å²) >= 11 is 0. The Hall–Kier alpha value is -3.90. The largest absolute Gasteiger partial charge is 0.490 e. The Bertz CT molecular complexity index is 1540. The first-order valence-electron chi connectivity index (χ1n) is 15.5. The van der Waals surface area contributed by atoms with Crippen LogP contribution in [0.4, 0.5) is 10.2 Å². The molecule has 2 aromatic heterocycles. The highest BCUT2D eigenvalue weighted by Gasteiger charge is 2.54. The lowest BCUT2D eigenvalue weighted by Crippen LogP contribution is -2.65. The lowest BCUT2D eigenvalue weighted by Gasteiger charge is -2.58. The van der Waals surface area contributed by atoms with Gasteiger partial charge in [0.1, 0.15) is 23.4 Å². The van der Waals surface area contributed by atoms with Gasteiger partial charge in [-0.25, -0.2) is 4.39 Å². The maximum Gasteiger partial charge on any atom is 0.343 e. The van der Waals surface area contributed by atoms with Gasteiger partial charge in [0.2, 0.25) is 0 Å². The van der Waals surface area contributed by atoms with Gasteiger partial charge in [0.15, 0.2) is 5.82 Å². The zero-order chi connectivity index (χ0) is 30.4. The Balaban J connectivity index is 0.987.